The summed E-state index contributed by atoms with van der Waals surface area (Å²) >= 11 is 0. The molecular weight excluding hydrogens is 408 g/mol. The van der Waals surface area contributed by atoms with Gasteiger partial charge in [-0.1, -0.05) is 6.07 Å². The van der Waals surface area contributed by atoms with E-state index in [9.17, 15) is 14.7 Å². The van der Waals surface area contributed by atoms with Crippen molar-refractivity contribution in [2.24, 2.45) is 5.92 Å². The highest BCUT2D eigenvalue weighted by atomic mass is 16.5. The van der Waals surface area contributed by atoms with E-state index in [1.54, 1.807) is 7.05 Å². The minimum Gasteiger partial charge on any atom is -0.480 e. The number of fused-ring (bicyclic) bond motifs is 1. The van der Waals surface area contributed by atoms with Gasteiger partial charge in [0, 0.05) is 37.9 Å². The van der Waals surface area contributed by atoms with Crippen LogP contribution in [0.3, 0.4) is 0 Å². The van der Waals surface area contributed by atoms with Crippen LogP contribution in [-0.4, -0.2) is 64.9 Å². The van der Waals surface area contributed by atoms with Gasteiger partial charge in [-0.2, -0.15) is 0 Å². The number of carbonyl (C=O) groups is 2. The highest BCUT2D eigenvalue weighted by Gasteiger charge is 2.31. The van der Waals surface area contributed by atoms with Crippen LogP contribution in [0.4, 0.5) is 10.6 Å². The molecule has 0 radical (unpaired) electrons. The number of rotatable bonds is 9. The third-order valence-corrected chi connectivity index (χ3v) is 6.62. The fourth-order valence-electron chi connectivity index (χ4n) is 4.07. The van der Waals surface area contributed by atoms with Gasteiger partial charge >= 0.3 is 12.0 Å². The van der Waals surface area contributed by atoms with Gasteiger partial charge in [0.1, 0.15) is 11.9 Å². The second-order valence-corrected chi connectivity index (χ2v) is 10.1. The second kappa shape index (κ2) is 10.5. The summed E-state index contributed by atoms with van der Waals surface area (Å²) in [5, 5.41) is 15.4. The fourth-order valence-corrected chi connectivity index (χ4v) is 4.07. The quantitative estimate of drug-likeness (QED) is 0.537. The Labute approximate surface area is 191 Å². The van der Waals surface area contributed by atoms with Crippen molar-refractivity contribution in [2.45, 2.75) is 83.4 Å². The molecule has 1 aliphatic heterocycles. The van der Waals surface area contributed by atoms with E-state index < -0.39 is 12.0 Å². The summed E-state index contributed by atoms with van der Waals surface area (Å²) in [6.45, 7) is 7.03. The van der Waals surface area contributed by atoms with Crippen LogP contribution in [0.15, 0.2) is 12.1 Å². The van der Waals surface area contributed by atoms with Crippen molar-refractivity contribution in [2.75, 3.05) is 25.5 Å². The lowest BCUT2D eigenvalue weighted by molar-refractivity contribution is -0.140. The molecule has 8 heteroatoms. The molecule has 178 valence electrons. The van der Waals surface area contributed by atoms with Crippen molar-refractivity contribution in [3.05, 3.63) is 23.4 Å². The second-order valence-electron chi connectivity index (χ2n) is 10.1. The highest BCUT2D eigenvalue weighted by molar-refractivity contribution is 5.82. The Balaban J connectivity index is 1.33. The lowest BCUT2D eigenvalue weighted by Gasteiger charge is -2.35. The molecule has 0 spiro atoms. The SMILES string of the molecule is CN(C(=O)N[C@@H](CCO[C@H]1C[C@H](CCc2ccc3c(n2)NCCC3)C1)C(=O)O)C(C)(C)C. The maximum Gasteiger partial charge on any atom is 0.326 e. The van der Waals surface area contributed by atoms with Crippen LogP contribution in [0.2, 0.25) is 0 Å². The van der Waals surface area contributed by atoms with Crippen LogP contribution >= 0.6 is 0 Å². The molecule has 1 aromatic heterocycles. The van der Waals surface area contributed by atoms with Gasteiger partial charge in [-0.05, 0) is 76.8 Å². The van der Waals surface area contributed by atoms with Gasteiger partial charge in [0.15, 0.2) is 0 Å². The van der Waals surface area contributed by atoms with Crippen LogP contribution in [0.5, 0.6) is 0 Å². The first-order chi connectivity index (χ1) is 15.1. The van der Waals surface area contributed by atoms with Crippen molar-refractivity contribution in [3.63, 3.8) is 0 Å². The molecule has 1 atom stereocenters. The first kappa shape index (κ1) is 24.3. The van der Waals surface area contributed by atoms with Gasteiger partial charge in [0.2, 0.25) is 0 Å². The number of aromatic nitrogens is 1. The molecular formula is C24H38N4O4. The van der Waals surface area contributed by atoms with Gasteiger partial charge in [0.25, 0.3) is 0 Å². The predicted octanol–water partition coefficient (Wildman–Crippen LogP) is 3.45. The number of anilines is 1. The molecule has 1 fully saturated rings. The highest BCUT2D eigenvalue weighted by Crippen LogP contribution is 2.34. The summed E-state index contributed by atoms with van der Waals surface area (Å²) in [6.07, 6.45) is 6.79. The number of aryl methyl sites for hydroxylation is 2. The number of carbonyl (C=O) groups excluding carboxylic acids is 1. The number of nitrogens with one attached hydrogen (secondary N) is 2. The van der Waals surface area contributed by atoms with E-state index in [0.29, 0.717) is 12.5 Å². The molecule has 1 aromatic rings. The number of hydrogen-bond acceptors (Lipinski definition) is 5. The Morgan fingerprint density at radius 3 is 2.78 bits per heavy atom. The molecule has 0 bridgehead atoms. The normalized spacial score (nSPS) is 21.0. The molecule has 3 rings (SSSR count). The van der Waals surface area contributed by atoms with E-state index in [1.807, 2.05) is 20.8 Å². The zero-order chi connectivity index (χ0) is 23.3. The maximum atomic E-state index is 12.3. The number of carboxylic acid groups (broad SMARTS) is 1. The number of ether oxygens (including phenoxy) is 1. The Bertz CT molecular complexity index is 802. The Morgan fingerprint density at radius 2 is 2.09 bits per heavy atom. The summed E-state index contributed by atoms with van der Waals surface area (Å²) in [6, 6.07) is 3.01. The summed E-state index contributed by atoms with van der Waals surface area (Å²) < 4.78 is 5.87. The number of amides is 2. The average molecular weight is 447 g/mol. The van der Waals surface area contributed by atoms with Crippen LogP contribution in [-0.2, 0) is 22.4 Å². The molecule has 32 heavy (non-hydrogen) atoms. The zero-order valence-corrected chi connectivity index (χ0v) is 19.8. The number of carboxylic acids is 1. The fraction of sp³-hybridized carbons (Fsp3) is 0.708. The van der Waals surface area contributed by atoms with Crippen molar-refractivity contribution >= 4 is 17.8 Å². The smallest absolute Gasteiger partial charge is 0.326 e. The molecule has 1 saturated carbocycles. The van der Waals surface area contributed by atoms with Gasteiger partial charge in [-0.25, -0.2) is 14.6 Å². The lowest BCUT2D eigenvalue weighted by Crippen LogP contribution is -2.52. The molecule has 0 aromatic carbocycles. The monoisotopic (exact) mass is 446 g/mol. The lowest BCUT2D eigenvalue weighted by atomic mass is 9.79. The van der Waals surface area contributed by atoms with Crippen molar-refractivity contribution in [1.29, 1.82) is 0 Å². The number of urea groups is 1. The van der Waals surface area contributed by atoms with Crippen LogP contribution in [0.1, 0.15) is 64.1 Å². The molecule has 2 amide bonds. The van der Waals surface area contributed by atoms with Crippen LogP contribution in [0, 0.1) is 5.92 Å². The first-order valence-corrected chi connectivity index (χ1v) is 11.7. The van der Waals surface area contributed by atoms with Crippen molar-refractivity contribution in [3.8, 4) is 0 Å². The Morgan fingerprint density at radius 1 is 1.34 bits per heavy atom. The first-order valence-electron chi connectivity index (χ1n) is 11.7. The summed E-state index contributed by atoms with van der Waals surface area (Å²) in [4.78, 5) is 30.1. The van der Waals surface area contributed by atoms with E-state index in [4.69, 9.17) is 9.72 Å². The van der Waals surface area contributed by atoms with Gasteiger partial charge in [-0.15, -0.1) is 0 Å². The van der Waals surface area contributed by atoms with E-state index >= 15 is 0 Å². The third-order valence-electron chi connectivity index (χ3n) is 6.62. The van der Waals surface area contributed by atoms with E-state index in [1.165, 1.54) is 16.9 Å². The zero-order valence-electron chi connectivity index (χ0n) is 19.8. The van der Waals surface area contributed by atoms with Crippen molar-refractivity contribution in [1.82, 2.24) is 15.2 Å². The van der Waals surface area contributed by atoms with Crippen molar-refractivity contribution < 1.29 is 19.4 Å². The Kier molecular flexibility index (Phi) is 7.98. The number of aliphatic carboxylic acids is 1. The third kappa shape index (κ3) is 6.58. The molecule has 0 unspecified atom stereocenters. The molecule has 1 aliphatic carbocycles. The van der Waals surface area contributed by atoms with E-state index in [-0.39, 0.29) is 24.1 Å². The molecule has 2 aliphatic rings. The number of nitrogens with zero attached hydrogens (tertiary/aromatic N) is 2. The van der Waals surface area contributed by atoms with E-state index in [0.717, 1.165) is 50.2 Å². The molecule has 0 saturated heterocycles. The standard InChI is InChI=1S/C24H38N4O4/c1-24(2,3)28(4)23(31)27-20(22(29)30)11-13-32-19-14-16(15-19)7-9-18-10-8-17-6-5-12-25-21(17)26-18/h8,10,16,19-20H,5-7,9,11-15H2,1-4H3,(H,25,26)(H,27,31)(H,29,30)/t16-,19-,20-/m0/s1. The summed E-state index contributed by atoms with van der Waals surface area (Å²) in [5.74, 6) is 0.640. The minimum absolute atomic E-state index is 0.181. The molecule has 2 heterocycles. The number of hydrogen-bond donors (Lipinski definition) is 3. The van der Waals surface area contributed by atoms with Crippen LogP contribution in [0.25, 0.3) is 0 Å². The largest absolute Gasteiger partial charge is 0.480 e. The predicted molar refractivity (Wildman–Crippen MR) is 124 cm³/mol. The van der Waals surface area contributed by atoms with Gasteiger partial charge in [0.05, 0.1) is 6.10 Å². The summed E-state index contributed by atoms with van der Waals surface area (Å²) in [5.41, 5.74) is 2.08. The minimum atomic E-state index is -1.04. The topological polar surface area (TPSA) is 104 Å². The van der Waals surface area contributed by atoms with Gasteiger partial charge < -0.3 is 25.4 Å². The van der Waals surface area contributed by atoms with E-state index in [2.05, 4.69) is 22.8 Å². The summed E-state index contributed by atoms with van der Waals surface area (Å²) in [7, 11) is 1.66. The average Bonchev–Trinajstić information content (AvgIpc) is 2.72. The number of pyridine rings is 1. The van der Waals surface area contributed by atoms with Gasteiger partial charge in [-0.3, -0.25) is 0 Å². The maximum absolute atomic E-state index is 12.3. The molecule has 3 N–H and O–H groups in total. The van der Waals surface area contributed by atoms with Crippen LogP contribution < -0.4 is 10.6 Å². The Hall–Kier alpha value is -2.35. The molecule has 8 nitrogen and oxygen atoms in total.